The van der Waals surface area contributed by atoms with Gasteiger partial charge in [0.05, 0.1) is 18.0 Å². The lowest BCUT2D eigenvalue weighted by molar-refractivity contribution is 0.158. The Morgan fingerprint density at radius 2 is 2.24 bits per heavy atom. The number of hydrogen-bond donors (Lipinski definition) is 2. The lowest BCUT2D eigenvalue weighted by Gasteiger charge is -2.10. The van der Waals surface area contributed by atoms with Gasteiger partial charge in [-0.1, -0.05) is 0 Å². The summed E-state index contributed by atoms with van der Waals surface area (Å²) in [7, 11) is 0. The highest BCUT2D eigenvalue weighted by molar-refractivity contribution is 7.80. The molecule has 0 aliphatic heterocycles. The maximum absolute atomic E-state index is 11.1. The minimum Gasteiger partial charge on any atom is -0.450 e. The van der Waals surface area contributed by atoms with E-state index in [1.165, 1.54) is 0 Å². The quantitative estimate of drug-likeness (QED) is 0.780. The SMILES string of the molecule is CCOC(=O)NC(=S)Nc1nc(C)cnc1C. The molecule has 1 rings (SSSR count). The maximum atomic E-state index is 11.1. The molecule has 0 aromatic carbocycles. The molecule has 0 radical (unpaired) electrons. The molecule has 92 valence electrons. The first-order valence-electron chi connectivity index (χ1n) is 5.08. The molecule has 0 bridgehead atoms. The molecule has 17 heavy (non-hydrogen) atoms. The number of carbonyl (C=O) groups is 1. The van der Waals surface area contributed by atoms with Crippen molar-refractivity contribution < 1.29 is 9.53 Å². The van der Waals surface area contributed by atoms with Crippen molar-refractivity contribution >= 4 is 29.2 Å². The van der Waals surface area contributed by atoms with Crippen molar-refractivity contribution in [2.45, 2.75) is 20.8 Å². The number of nitrogens with one attached hydrogen (secondary N) is 2. The molecule has 0 saturated heterocycles. The van der Waals surface area contributed by atoms with E-state index in [2.05, 4.69) is 20.6 Å². The number of anilines is 1. The lowest BCUT2D eigenvalue weighted by atomic mass is 10.4. The highest BCUT2D eigenvalue weighted by Gasteiger charge is 2.07. The number of aromatic nitrogens is 2. The van der Waals surface area contributed by atoms with Crippen LogP contribution >= 0.6 is 12.2 Å². The molecule has 0 aliphatic rings. The van der Waals surface area contributed by atoms with Gasteiger partial charge in [0, 0.05) is 6.20 Å². The van der Waals surface area contributed by atoms with Crippen LogP contribution in [0, 0.1) is 13.8 Å². The van der Waals surface area contributed by atoms with Crippen molar-refractivity contribution in [1.29, 1.82) is 0 Å². The number of alkyl carbamates (subject to hydrolysis) is 1. The molecule has 1 amide bonds. The van der Waals surface area contributed by atoms with Crippen molar-refractivity contribution in [3.8, 4) is 0 Å². The number of carbonyl (C=O) groups excluding carboxylic acids is 1. The fourth-order valence-electron chi connectivity index (χ4n) is 1.05. The second-order valence-corrected chi connectivity index (χ2v) is 3.65. The van der Waals surface area contributed by atoms with E-state index in [9.17, 15) is 4.79 Å². The van der Waals surface area contributed by atoms with Crippen LogP contribution in [-0.4, -0.2) is 27.8 Å². The topological polar surface area (TPSA) is 76.1 Å². The summed E-state index contributed by atoms with van der Waals surface area (Å²) in [5.41, 5.74) is 1.46. The summed E-state index contributed by atoms with van der Waals surface area (Å²) < 4.78 is 4.69. The third kappa shape index (κ3) is 4.31. The van der Waals surface area contributed by atoms with E-state index in [0.29, 0.717) is 11.5 Å². The minimum atomic E-state index is -0.594. The second-order valence-electron chi connectivity index (χ2n) is 3.24. The fraction of sp³-hybridized carbons (Fsp3) is 0.400. The molecule has 0 aliphatic carbocycles. The predicted molar refractivity (Wildman–Crippen MR) is 67.9 cm³/mol. The van der Waals surface area contributed by atoms with E-state index in [1.54, 1.807) is 20.0 Å². The smallest absolute Gasteiger partial charge is 0.413 e. The van der Waals surface area contributed by atoms with Gasteiger partial charge >= 0.3 is 6.09 Å². The Bertz CT molecular complexity index is 436. The van der Waals surface area contributed by atoms with E-state index in [1.807, 2.05) is 6.92 Å². The van der Waals surface area contributed by atoms with E-state index >= 15 is 0 Å². The Balaban J connectivity index is 2.62. The number of amides is 1. The average molecular weight is 254 g/mol. The number of rotatable bonds is 2. The van der Waals surface area contributed by atoms with Gasteiger partial charge < -0.3 is 10.1 Å². The molecule has 0 atom stereocenters. The summed E-state index contributed by atoms with van der Waals surface area (Å²) >= 11 is 4.94. The first-order valence-corrected chi connectivity index (χ1v) is 5.48. The van der Waals surface area contributed by atoms with Crippen molar-refractivity contribution in [3.63, 3.8) is 0 Å². The second kappa shape index (κ2) is 6.09. The third-order valence-corrected chi connectivity index (χ3v) is 2.00. The van der Waals surface area contributed by atoms with E-state index in [4.69, 9.17) is 17.0 Å². The highest BCUT2D eigenvalue weighted by Crippen LogP contribution is 2.08. The third-order valence-electron chi connectivity index (χ3n) is 1.80. The summed E-state index contributed by atoms with van der Waals surface area (Å²) in [5.74, 6) is 0.520. The van der Waals surface area contributed by atoms with Crippen molar-refractivity contribution in [2.75, 3.05) is 11.9 Å². The van der Waals surface area contributed by atoms with Gasteiger partial charge in [0.1, 0.15) is 0 Å². The Kier molecular flexibility index (Phi) is 4.77. The lowest BCUT2D eigenvalue weighted by Crippen LogP contribution is -2.35. The van der Waals surface area contributed by atoms with Crippen LogP contribution < -0.4 is 10.6 Å². The molecular weight excluding hydrogens is 240 g/mol. The van der Waals surface area contributed by atoms with Crippen LogP contribution in [-0.2, 0) is 4.74 Å². The first kappa shape index (κ1) is 13.3. The largest absolute Gasteiger partial charge is 0.450 e. The van der Waals surface area contributed by atoms with Crippen LogP contribution in [0.25, 0.3) is 0 Å². The van der Waals surface area contributed by atoms with E-state index in [0.717, 1.165) is 5.69 Å². The zero-order chi connectivity index (χ0) is 12.8. The Morgan fingerprint density at radius 3 is 2.88 bits per heavy atom. The van der Waals surface area contributed by atoms with E-state index < -0.39 is 6.09 Å². The van der Waals surface area contributed by atoms with Gasteiger partial charge in [0.25, 0.3) is 0 Å². The molecule has 2 N–H and O–H groups in total. The van der Waals surface area contributed by atoms with Crippen LogP contribution in [0.5, 0.6) is 0 Å². The van der Waals surface area contributed by atoms with Crippen LogP contribution in [0.1, 0.15) is 18.3 Å². The Hall–Kier alpha value is -1.76. The van der Waals surface area contributed by atoms with Gasteiger partial charge in [-0.05, 0) is 33.0 Å². The number of hydrogen-bond acceptors (Lipinski definition) is 5. The standard InChI is InChI=1S/C10H14N4O2S/c1-4-16-10(15)14-9(17)13-8-7(3)11-5-6(2)12-8/h5H,4H2,1-3H3,(H2,12,13,14,15,17). The molecule has 0 fully saturated rings. The molecule has 0 unspecified atom stereocenters. The van der Waals surface area contributed by atoms with Crippen LogP contribution in [0.2, 0.25) is 0 Å². The molecule has 0 spiro atoms. The molecule has 1 heterocycles. The number of nitrogens with zero attached hydrogens (tertiary/aromatic N) is 2. The Labute approximate surface area is 105 Å². The molecule has 6 nitrogen and oxygen atoms in total. The molecule has 7 heteroatoms. The summed E-state index contributed by atoms with van der Waals surface area (Å²) in [4.78, 5) is 19.4. The highest BCUT2D eigenvalue weighted by atomic mass is 32.1. The fourth-order valence-corrected chi connectivity index (χ4v) is 1.23. The van der Waals surface area contributed by atoms with Gasteiger partial charge in [0.15, 0.2) is 10.9 Å². The number of thiocarbonyl (C=S) groups is 1. The van der Waals surface area contributed by atoms with Crippen molar-refractivity contribution in [2.24, 2.45) is 0 Å². The van der Waals surface area contributed by atoms with Gasteiger partial charge in [-0.3, -0.25) is 10.3 Å². The summed E-state index contributed by atoms with van der Waals surface area (Å²) in [6.07, 6.45) is 1.06. The van der Waals surface area contributed by atoms with Crippen LogP contribution in [0.15, 0.2) is 6.20 Å². The Morgan fingerprint density at radius 1 is 1.53 bits per heavy atom. The molecular formula is C10H14N4O2S. The zero-order valence-corrected chi connectivity index (χ0v) is 10.7. The number of aryl methyl sites for hydroxylation is 2. The maximum Gasteiger partial charge on any atom is 0.413 e. The van der Waals surface area contributed by atoms with Crippen molar-refractivity contribution in [1.82, 2.24) is 15.3 Å². The normalized spacial score (nSPS) is 9.59. The summed E-state index contributed by atoms with van der Waals surface area (Å²) in [6.45, 7) is 5.62. The summed E-state index contributed by atoms with van der Waals surface area (Å²) in [6, 6.07) is 0. The van der Waals surface area contributed by atoms with Gasteiger partial charge in [-0.2, -0.15) is 0 Å². The summed E-state index contributed by atoms with van der Waals surface area (Å²) in [5, 5.41) is 5.28. The van der Waals surface area contributed by atoms with Gasteiger partial charge in [-0.25, -0.2) is 9.78 Å². The predicted octanol–water partition coefficient (Wildman–Crippen LogP) is 1.54. The van der Waals surface area contributed by atoms with Gasteiger partial charge in [0.2, 0.25) is 0 Å². The molecule has 1 aromatic heterocycles. The monoisotopic (exact) mass is 254 g/mol. The molecule has 1 aromatic rings. The van der Waals surface area contributed by atoms with Crippen LogP contribution in [0.4, 0.5) is 10.6 Å². The zero-order valence-electron chi connectivity index (χ0n) is 9.90. The first-order chi connectivity index (χ1) is 8.02. The molecule has 0 saturated carbocycles. The van der Waals surface area contributed by atoms with E-state index in [-0.39, 0.29) is 11.7 Å². The van der Waals surface area contributed by atoms with Gasteiger partial charge in [-0.15, -0.1) is 0 Å². The average Bonchev–Trinajstić information content (AvgIpc) is 2.23. The van der Waals surface area contributed by atoms with Crippen molar-refractivity contribution in [3.05, 3.63) is 17.6 Å². The number of ether oxygens (including phenoxy) is 1. The van der Waals surface area contributed by atoms with Crippen LogP contribution in [0.3, 0.4) is 0 Å². The minimum absolute atomic E-state index is 0.131.